The van der Waals surface area contributed by atoms with Crippen LogP contribution in [0, 0.1) is 23.7 Å². The van der Waals surface area contributed by atoms with E-state index in [4.69, 9.17) is 40.2 Å². The van der Waals surface area contributed by atoms with Crippen molar-refractivity contribution in [3.05, 3.63) is 0 Å². The first-order chi connectivity index (χ1) is 13.2. The van der Waals surface area contributed by atoms with Crippen LogP contribution in [0.1, 0.15) is 100 Å². The zero-order chi connectivity index (χ0) is 23.1. The highest BCUT2D eigenvalue weighted by atomic mass is 35.9. The number of unbranched alkanes of at least 4 members (excludes halogenated alkanes) is 1. The van der Waals surface area contributed by atoms with Crippen molar-refractivity contribution in [2.24, 2.45) is 23.7 Å². The maximum Gasteiger partial charge on any atom is 0.564 e. The first-order valence-electron chi connectivity index (χ1n) is 12.0. The van der Waals surface area contributed by atoms with E-state index in [-0.39, 0.29) is 0 Å². The number of hydrogen-bond acceptors (Lipinski definition) is 0. The molecule has 0 radical (unpaired) electrons. The lowest BCUT2D eigenvalue weighted by Gasteiger charge is -2.33. The molecule has 1 atom stereocenters. The van der Waals surface area contributed by atoms with Crippen molar-refractivity contribution in [2.45, 2.75) is 100 Å². The van der Waals surface area contributed by atoms with Crippen LogP contribution in [0.25, 0.3) is 0 Å². The molecular formula is C23H50AlCl4P. The van der Waals surface area contributed by atoms with E-state index in [1.807, 2.05) is 0 Å². The zero-order valence-corrected chi connectivity index (χ0v) is 25.7. The third-order valence-electron chi connectivity index (χ3n) is 5.73. The summed E-state index contributed by atoms with van der Waals surface area (Å²) in [4.78, 5) is 0. The van der Waals surface area contributed by atoms with Crippen molar-refractivity contribution in [1.82, 2.24) is 0 Å². The van der Waals surface area contributed by atoms with E-state index < -0.39 is 16.7 Å². The molecule has 178 valence electrons. The van der Waals surface area contributed by atoms with E-state index in [2.05, 4.69) is 55.4 Å². The Hall–Kier alpha value is 2.12. The first kappa shape index (κ1) is 33.3. The minimum atomic E-state index is -2.94. The fourth-order valence-corrected chi connectivity index (χ4v) is 9.62. The Morgan fingerprint density at radius 2 is 1.00 bits per heavy atom. The van der Waals surface area contributed by atoms with E-state index in [1.165, 1.54) is 44.9 Å². The van der Waals surface area contributed by atoms with Crippen LogP contribution in [-0.2, 0) is 0 Å². The lowest BCUT2D eigenvalue weighted by Crippen LogP contribution is -2.20. The molecule has 0 N–H and O–H groups in total. The summed E-state index contributed by atoms with van der Waals surface area (Å²) in [5.41, 5.74) is 0. The van der Waals surface area contributed by atoms with Crippen LogP contribution in [0.4, 0.5) is 0 Å². The Morgan fingerprint density at radius 1 is 0.655 bits per heavy atom. The van der Waals surface area contributed by atoms with Crippen LogP contribution in [0.15, 0.2) is 0 Å². The molecular weight excluding hydrogens is 476 g/mol. The summed E-state index contributed by atoms with van der Waals surface area (Å²) in [6.45, 7) is 19.3. The molecule has 0 amide bonds. The first-order valence-corrected chi connectivity index (χ1v) is 21.5. The maximum atomic E-state index is 4.99. The van der Waals surface area contributed by atoms with Gasteiger partial charge in [-0.2, -0.15) is 0 Å². The molecule has 0 aromatic carbocycles. The summed E-state index contributed by atoms with van der Waals surface area (Å²) < 4.78 is 0. The van der Waals surface area contributed by atoms with Gasteiger partial charge in [-0.25, -0.2) is 0 Å². The van der Waals surface area contributed by atoms with Crippen LogP contribution in [0.5, 0.6) is 0 Å². The van der Waals surface area contributed by atoms with Gasteiger partial charge in [-0.3, -0.25) is 0 Å². The SMILES string of the molecule is CCCCC(CC)C[P+](CCC(C)C)(CCC(C)C)CCC(C)C.[Cl][Al-]([Cl])([Cl])[Cl]. The van der Waals surface area contributed by atoms with Crippen LogP contribution in [0.2, 0.25) is 0 Å². The van der Waals surface area contributed by atoms with Gasteiger partial charge in [0.2, 0.25) is 0 Å². The van der Waals surface area contributed by atoms with Crippen molar-refractivity contribution in [1.29, 1.82) is 0 Å². The highest BCUT2D eigenvalue weighted by molar-refractivity contribution is 7.81. The molecule has 0 nitrogen and oxygen atoms in total. The van der Waals surface area contributed by atoms with Gasteiger partial charge >= 0.3 is 9.39 Å². The van der Waals surface area contributed by atoms with Gasteiger partial charge in [0.15, 0.2) is 0 Å². The van der Waals surface area contributed by atoms with Crippen molar-refractivity contribution in [3.8, 4) is 0 Å². The predicted octanol–water partition coefficient (Wildman–Crippen LogP) is 10.7. The topological polar surface area (TPSA) is 0 Å². The van der Waals surface area contributed by atoms with Gasteiger partial charge in [-0.1, -0.05) is 68.2 Å². The molecule has 6 heteroatoms. The largest absolute Gasteiger partial charge is 0.564 e. The molecule has 0 spiro atoms. The van der Waals surface area contributed by atoms with Gasteiger partial charge in [-0.05, 0) is 55.8 Å². The van der Waals surface area contributed by atoms with E-state index in [9.17, 15) is 0 Å². The molecule has 0 aromatic heterocycles. The Kier molecular flexibility index (Phi) is 21.3. The van der Waals surface area contributed by atoms with Crippen molar-refractivity contribution in [3.63, 3.8) is 0 Å². The molecule has 0 aliphatic heterocycles. The normalized spacial score (nSPS) is 13.8. The average Bonchev–Trinajstić information content (AvgIpc) is 2.57. The van der Waals surface area contributed by atoms with Crippen molar-refractivity contribution < 1.29 is 0 Å². The fraction of sp³-hybridized carbons (Fsp3) is 1.00. The molecule has 0 aromatic rings. The molecule has 0 bridgehead atoms. The summed E-state index contributed by atoms with van der Waals surface area (Å²) in [6.07, 6.45) is 16.4. The second-order valence-corrected chi connectivity index (χ2v) is 27.4. The zero-order valence-electron chi connectivity index (χ0n) is 20.6. The molecule has 1 unspecified atom stereocenters. The molecule has 0 heterocycles. The second-order valence-electron chi connectivity index (χ2n) is 10.2. The molecule has 0 aliphatic carbocycles. The van der Waals surface area contributed by atoms with Crippen LogP contribution in [-0.4, -0.2) is 34.0 Å². The van der Waals surface area contributed by atoms with Crippen molar-refractivity contribution in [2.75, 3.05) is 24.6 Å². The van der Waals surface area contributed by atoms with Gasteiger partial charge in [-0.15, -0.1) is 0 Å². The maximum absolute atomic E-state index is 4.99. The third kappa shape index (κ3) is 24.6. The average molecular weight is 526 g/mol. The highest BCUT2D eigenvalue weighted by Crippen LogP contribution is 2.63. The molecule has 0 aliphatic rings. The minimum absolute atomic E-state index is 0.771. The number of rotatable bonds is 15. The molecule has 0 saturated heterocycles. The van der Waals surface area contributed by atoms with Gasteiger partial charge in [0, 0.05) is 7.26 Å². The Morgan fingerprint density at radius 3 is 1.24 bits per heavy atom. The lowest BCUT2D eigenvalue weighted by atomic mass is 10.0. The Balaban J connectivity index is 0. The third-order valence-corrected chi connectivity index (χ3v) is 10.6. The van der Waals surface area contributed by atoms with Crippen LogP contribution in [0.3, 0.4) is 0 Å². The van der Waals surface area contributed by atoms with Crippen LogP contribution >= 0.6 is 47.5 Å². The van der Waals surface area contributed by atoms with Crippen molar-refractivity contribution >= 4 is 56.9 Å². The lowest BCUT2D eigenvalue weighted by molar-refractivity contribution is 0.492. The van der Waals surface area contributed by atoms with Gasteiger partial charge in [0.25, 0.3) is 0 Å². The number of hydrogen-bond donors (Lipinski definition) is 0. The monoisotopic (exact) mass is 524 g/mol. The second kappa shape index (κ2) is 18.5. The van der Waals surface area contributed by atoms with Gasteiger partial charge < -0.3 is 40.2 Å². The summed E-state index contributed by atoms with van der Waals surface area (Å²) in [5, 5.41) is 0. The standard InChI is InChI=1S/C23H50P.Al.4ClH/c1-9-11-12-23(10-2)19-24(16-13-20(3)4,17-14-21(5)6)18-15-22(7)8;;;;;/h20-23H,9-19H2,1-8H3;;4*1H/q+1;+3;;;;/p-4. The highest BCUT2D eigenvalue weighted by Gasteiger charge is 2.38. The van der Waals surface area contributed by atoms with E-state index in [0.717, 1.165) is 23.7 Å². The van der Waals surface area contributed by atoms with Crippen LogP contribution < -0.4 is 0 Å². The quantitative estimate of drug-likeness (QED) is 0.147. The number of halogens is 4. The van der Waals surface area contributed by atoms with Gasteiger partial charge in [0.05, 0.1) is 24.6 Å². The van der Waals surface area contributed by atoms with Gasteiger partial charge in [0.1, 0.15) is 0 Å². The molecule has 0 rings (SSSR count). The molecule has 0 fully saturated rings. The van der Waals surface area contributed by atoms with E-state index in [1.54, 1.807) is 24.6 Å². The van der Waals surface area contributed by atoms with E-state index >= 15 is 0 Å². The minimum Gasteiger partial charge on any atom is -0.391 e. The predicted molar refractivity (Wildman–Crippen MR) is 147 cm³/mol. The summed E-state index contributed by atoms with van der Waals surface area (Å²) in [7, 11) is 16.3. The molecule has 29 heavy (non-hydrogen) atoms. The van der Waals surface area contributed by atoms with E-state index in [0.29, 0.717) is 0 Å². The Labute approximate surface area is 204 Å². The summed E-state index contributed by atoms with van der Waals surface area (Å²) in [6, 6.07) is 0. The molecule has 0 saturated carbocycles. The Bertz CT molecular complexity index is 333. The summed E-state index contributed by atoms with van der Waals surface area (Å²) in [5.74, 6) is 3.62. The summed E-state index contributed by atoms with van der Waals surface area (Å²) >= 11 is 0. The fourth-order valence-electron chi connectivity index (χ4n) is 3.67. The smallest absolute Gasteiger partial charge is 0.391 e.